The lowest BCUT2D eigenvalue weighted by molar-refractivity contribution is -0.120. The second kappa shape index (κ2) is 6.08. The van der Waals surface area contributed by atoms with Crippen LogP contribution in [0.2, 0.25) is 10.0 Å². The quantitative estimate of drug-likeness (QED) is 0.916. The molecule has 1 heterocycles. The van der Waals surface area contributed by atoms with E-state index in [0.29, 0.717) is 34.1 Å². The maximum absolute atomic E-state index is 11.8. The van der Waals surface area contributed by atoms with Crippen molar-refractivity contribution in [1.82, 2.24) is 10.5 Å². The Morgan fingerprint density at radius 2 is 2.24 bits per heavy atom. The first-order chi connectivity index (χ1) is 10.1. The van der Waals surface area contributed by atoms with Gasteiger partial charge in [-0.05, 0) is 36.0 Å². The first-order valence-corrected chi connectivity index (χ1v) is 7.50. The van der Waals surface area contributed by atoms with Crippen molar-refractivity contribution in [1.29, 1.82) is 0 Å². The van der Waals surface area contributed by atoms with Crippen LogP contribution in [-0.4, -0.2) is 17.6 Å². The molecular weight excluding hydrogens is 311 g/mol. The second-order valence-corrected chi connectivity index (χ2v) is 6.08. The summed E-state index contributed by atoms with van der Waals surface area (Å²) in [6.45, 7) is 0.653. The summed E-state index contributed by atoms with van der Waals surface area (Å²) in [7, 11) is 0. The lowest BCUT2D eigenvalue weighted by Crippen LogP contribution is -2.27. The maximum Gasteiger partial charge on any atom is 0.226 e. The molecule has 1 aromatic heterocycles. The Bertz CT molecular complexity index is 643. The zero-order valence-electron chi connectivity index (χ0n) is 11.2. The summed E-state index contributed by atoms with van der Waals surface area (Å²) < 4.78 is 4.70. The highest BCUT2D eigenvalue weighted by Crippen LogP contribution is 2.49. The van der Waals surface area contributed by atoms with Crippen molar-refractivity contribution in [2.45, 2.75) is 18.8 Å². The van der Waals surface area contributed by atoms with E-state index in [9.17, 15) is 4.79 Å². The van der Waals surface area contributed by atoms with Gasteiger partial charge in [0.15, 0.2) is 0 Å². The minimum Gasteiger partial charge on any atom is -0.364 e. The van der Waals surface area contributed by atoms with E-state index in [1.807, 2.05) is 12.1 Å². The van der Waals surface area contributed by atoms with Gasteiger partial charge in [0, 0.05) is 22.7 Å². The number of nitrogens with one attached hydrogen (secondary N) is 1. The van der Waals surface area contributed by atoms with Gasteiger partial charge in [0.1, 0.15) is 6.26 Å². The molecule has 1 saturated carbocycles. The van der Waals surface area contributed by atoms with Crippen molar-refractivity contribution in [2.24, 2.45) is 5.92 Å². The predicted molar refractivity (Wildman–Crippen MR) is 80.5 cm³/mol. The summed E-state index contributed by atoms with van der Waals surface area (Å²) in [6.07, 6.45) is 2.74. The van der Waals surface area contributed by atoms with E-state index in [1.165, 1.54) is 6.26 Å². The molecule has 1 N–H and O–H groups in total. The van der Waals surface area contributed by atoms with Crippen LogP contribution >= 0.6 is 23.2 Å². The van der Waals surface area contributed by atoms with Gasteiger partial charge in [-0.1, -0.05) is 34.4 Å². The van der Waals surface area contributed by atoms with Gasteiger partial charge in [-0.15, -0.1) is 0 Å². The van der Waals surface area contributed by atoms with Gasteiger partial charge >= 0.3 is 0 Å². The van der Waals surface area contributed by atoms with Crippen molar-refractivity contribution in [3.63, 3.8) is 0 Å². The summed E-state index contributed by atoms with van der Waals surface area (Å²) in [5.74, 6) is 0.795. The molecule has 110 valence electrons. The van der Waals surface area contributed by atoms with Gasteiger partial charge in [-0.25, -0.2) is 0 Å². The highest BCUT2D eigenvalue weighted by Gasteiger charge is 2.39. The molecule has 0 radical (unpaired) electrons. The second-order valence-electron chi connectivity index (χ2n) is 5.24. The third kappa shape index (κ3) is 3.57. The zero-order chi connectivity index (χ0) is 14.8. The van der Waals surface area contributed by atoms with Crippen LogP contribution in [0.1, 0.15) is 23.6 Å². The molecule has 0 spiro atoms. The molecule has 1 aromatic carbocycles. The number of benzene rings is 1. The number of halogens is 2. The van der Waals surface area contributed by atoms with E-state index in [0.717, 1.165) is 12.0 Å². The first-order valence-electron chi connectivity index (χ1n) is 6.74. The molecule has 2 aromatic rings. The van der Waals surface area contributed by atoms with Gasteiger partial charge in [-0.3, -0.25) is 4.79 Å². The highest BCUT2D eigenvalue weighted by molar-refractivity contribution is 6.35. The number of carbonyl (C=O) groups is 1. The van der Waals surface area contributed by atoms with Gasteiger partial charge in [0.2, 0.25) is 5.91 Å². The monoisotopic (exact) mass is 324 g/mol. The maximum atomic E-state index is 11.8. The van der Waals surface area contributed by atoms with Gasteiger partial charge in [-0.2, -0.15) is 0 Å². The van der Waals surface area contributed by atoms with E-state index in [1.54, 1.807) is 12.1 Å². The number of carbonyl (C=O) groups excluding carboxylic acids is 1. The molecule has 21 heavy (non-hydrogen) atoms. The van der Waals surface area contributed by atoms with E-state index in [4.69, 9.17) is 27.7 Å². The number of nitrogens with zero attached hydrogens (tertiary/aromatic N) is 1. The van der Waals surface area contributed by atoms with E-state index < -0.39 is 0 Å². The highest BCUT2D eigenvalue weighted by atomic mass is 35.5. The van der Waals surface area contributed by atoms with Gasteiger partial charge < -0.3 is 9.84 Å². The Balaban J connectivity index is 1.49. The van der Waals surface area contributed by atoms with Crippen LogP contribution in [0.4, 0.5) is 0 Å². The third-order valence-electron chi connectivity index (χ3n) is 3.68. The summed E-state index contributed by atoms with van der Waals surface area (Å²) in [5.41, 5.74) is 1.75. The molecular formula is C15H14Cl2N2O2. The van der Waals surface area contributed by atoms with Crippen molar-refractivity contribution in [3.8, 4) is 0 Å². The molecule has 3 rings (SSSR count). The third-order valence-corrected chi connectivity index (χ3v) is 4.24. The zero-order valence-corrected chi connectivity index (χ0v) is 12.7. The van der Waals surface area contributed by atoms with Crippen LogP contribution in [0.3, 0.4) is 0 Å². The van der Waals surface area contributed by atoms with Crippen LogP contribution in [0, 0.1) is 5.92 Å². The Labute approximate surface area is 132 Å². The van der Waals surface area contributed by atoms with E-state index in [2.05, 4.69) is 10.5 Å². The van der Waals surface area contributed by atoms with Crippen LogP contribution in [-0.2, 0) is 11.2 Å². The average molecular weight is 325 g/mol. The topological polar surface area (TPSA) is 55.1 Å². The Hall–Kier alpha value is -1.52. The molecule has 1 amide bonds. The minimum absolute atomic E-state index is 0.0447. The van der Waals surface area contributed by atoms with Crippen LogP contribution in [0.5, 0.6) is 0 Å². The molecule has 0 aliphatic heterocycles. The summed E-state index contributed by atoms with van der Waals surface area (Å²) >= 11 is 12.1. The minimum atomic E-state index is -0.0447. The molecule has 1 fully saturated rings. The molecule has 2 atom stereocenters. The van der Waals surface area contributed by atoms with E-state index >= 15 is 0 Å². The van der Waals surface area contributed by atoms with Gasteiger partial charge in [0.25, 0.3) is 0 Å². The summed E-state index contributed by atoms with van der Waals surface area (Å²) in [6, 6.07) is 7.26. The SMILES string of the molecule is O=C(Cc1ccon1)NC[C@@H]1C[C@H]1c1ccc(Cl)cc1Cl. The Morgan fingerprint density at radius 1 is 1.38 bits per heavy atom. The largest absolute Gasteiger partial charge is 0.364 e. The van der Waals surface area contributed by atoms with Crippen LogP contribution in [0.15, 0.2) is 35.1 Å². The van der Waals surface area contributed by atoms with Crippen LogP contribution in [0.25, 0.3) is 0 Å². The standard InChI is InChI=1S/C15H14Cl2N2O2/c16-10-1-2-12(14(17)6-10)13-5-9(13)8-18-15(20)7-11-3-4-21-19-11/h1-4,6,9,13H,5,7-8H2,(H,18,20)/t9-,13+/m0/s1. The molecule has 0 unspecified atom stereocenters. The fraction of sp³-hybridized carbons (Fsp3) is 0.333. The molecule has 0 saturated heterocycles. The van der Waals surface area contributed by atoms with Crippen molar-refractivity contribution < 1.29 is 9.32 Å². The predicted octanol–water partition coefficient (Wildman–Crippen LogP) is 3.44. The number of amides is 1. The fourth-order valence-corrected chi connectivity index (χ4v) is 3.01. The normalized spacial score (nSPS) is 20.3. The number of aromatic nitrogens is 1. The average Bonchev–Trinajstić information content (AvgIpc) is 3.02. The Kier molecular flexibility index (Phi) is 4.17. The number of hydrogen-bond donors (Lipinski definition) is 1. The molecule has 6 heteroatoms. The Morgan fingerprint density at radius 3 is 2.95 bits per heavy atom. The molecule has 4 nitrogen and oxygen atoms in total. The lowest BCUT2D eigenvalue weighted by Gasteiger charge is -2.05. The van der Waals surface area contributed by atoms with E-state index in [-0.39, 0.29) is 12.3 Å². The van der Waals surface area contributed by atoms with Crippen molar-refractivity contribution in [3.05, 3.63) is 51.8 Å². The summed E-state index contributed by atoms with van der Waals surface area (Å²) in [4.78, 5) is 11.8. The van der Waals surface area contributed by atoms with Crippen molar-refractivity contribution in [2.75, 3.05) is 6.54 Å². The molecule has 1 aliphatic rings. The molecule has 1 aliphatic carbocycles. The lowest BCUT2D eigenvalue weighted by atomic mass is 10.1. The first kappa shape index (κ1) is 14.4. The van der Waals surface area contributed by atoms with Crippen molar-refractivity contribution >= 4 is 29.1 Å². The number of rotatable bonds is 5. The van der Waals surface area contributed by atoms with Crippen LogP contribution < -0.4 is 5.32 Å². The fourth-order valence-electron chi connectivity index (χ4n) is 2.46. The molecule has 0 bridgehead atoms. The smallest absolute Gasteiger partial charge is 0.226 e. The number of hydrogen-bond acceptors (Lipinski definition) is 3. The summed E-state index contributed by atoms with van der Waals surface area (Å²) in [5, 5.41) is 7.98. The van der Waals surface area contributed by atoms with Gasteiger partial charge in [0.05, 0.1) is 12.1 Å².